The Kier molecular flexibility index (Phi) is 7.74. The van der Waals surface area contributed by atoms with E-state index in [1.54, 1.807) is 11.8 Å². The summed E-state index contributed by atoms with van der Waals surface area (Å²) in [4.78, 5) is 21.8. The molecule has 7 heteroatoms. The van der Waals surface area contributed by atoms with Crippen LogP contribution in [0.25, 0.3) is 0 Å². The van der Waals surface area contributed by atoms with E-state index in [2.05, 4.69) is 10.6 Å². The van der Waals surface area contributed by atoms with Gasteiger partial charge in [-0.3, -0.25) is 0 Å². The summed E-state index contributed by atoms with van der Waals surface area (Å²) in [6.45, 7) is 3.22. The number of aliphatic hydroxyl groups is 1. The molecular weight excluding hydrogens is 232 g/mol. The Balaban J connectivity index is 3.92. The maximum Gasteiger partial charge on any atom is 0.328 e. The molecule has 0 spiro atoms. The third-order valence-corrected chi connectivity index (χ3v) is 2.88. The minimum Gasteiger partial charge on any atom is -0.480 e. The second kappa shape index (κ2) is 8.23. The summed E-state index contributed by atoms with van der Waals surface area (Å²) in [5.41, 5.74) is 0. The van der Waals surface area contributed by atoms with Gasteiger partial charge in [-0.05, 0) is 12.7 Å². The Morgan fingerprint density at radius 1 is 1.38 bits per heavy atom. The van der Waals surface area contributed by atoms with Crippen LogP contribution in [-0.4, -0.2) is 52.4 Å². The number of nitrogens with one attached hydrogen (secondary N) is 2. The van der Waals surface area contributed by atoms with Gasteiger partial charge < -0.3 is 20.8 Å². The Labute approximate surface area is 98.8 Å². The highest BCUT2D eigenvalue weighted by molar-refractivity contribution is 7.99. The quantitative estimate of drug-likeness (QED) is 0.504. The first kappa shape index (κ1) is 15.0. The molecule has 0 aliphatic carbocycles. The molecule has 0 aliphatic rings. The van der Waals surface area contributed by atoms with Gasteiger partial charge in [0.1, 0.15) is 0 Å². The van der Waals surface area contributed by atoms with E-state index in [0.29, 0.717) is 0 Å². The molecule has 0 radical (unpaired) electrons. The van der Waals surface area contributed by atoms with E-state index in [1.807, 2.05) is 13.8 Å². The van der Waals surface area contributed by atoms with E-state index >= 15 is 0 Å². The minimum atomic E-state index is -1.26. The van der Waals surface area contributed by atoms with Crippen LogP contribution < -0.4 is 10.6 Å². The van der Waals surface area contributed by atoms with Gasteiger partial charge in [0, 0.05) is 11.8 Å². The van der Waals surface area contributed by atoms with E-state index in [1.165, 1.54) is 0 Å². The second-order valence-electron chi connectivity index (χ2n) is 3.25. The zero-order chi connectivity index (χ0) is 12.6. The van der Waals surface area contributed by atoms with E-state index in [4.69, 9.17) is 10.2 Å². The van der Waals surface area contributed by atoms with Gasteiger partial charge in [-0.2, -0.15) is 11.8 Å². The largest absolute Gasteiger partial charge is 0.480 e. The molecule has 2 atom stereocenters. The Hall–Kier alpha value is -0.950. The van der Waals surface area contributed by atoms with E-state index in [9.17, 15) is 9.59 Å². The van der Waals surface area contributed by atoms with Gasteiger partial charge in [0.25, 0.3) is 0 Å². The number of aliphatic hydroxyl groups excluding tert-OH is 1. The predicted octanol–water partition coefficient (Wildman–Crippen LogP) is -0.127. The smallest absolute Gasteiger partial charge is 0.328 e. The lowest BCUT2D eigenvalue weighted by atomic mass is 10.3. The molecule has 4 N–H and O–H groups in total. The molecule has 16 heavy (non-hydrogen) atoms. The lowest BCUT2D eigenvalue weighted by Gasteiger charge is -2.16. The monoisotopic (exact) mass is 250 g/mol. The standard InChI is InChI=1S/C9H18N2O4S/c1-3-16-5-6(2)10-9(15)11-7(4-12)8(13)14/h6-7,12H,3-5H2,1-2H3,(H,13,14)(H2,10,11,15)/t6?,7-/m0/s1. The van der Waals surface area contributed by atoms with Crippen LogP contribution in [0.4, 0.5) is 4.79 Å². The van der Waals surface area contributed by atoms with Crippen molar-refractivity contribution in [3.8, 4) is 0 Å². The van der Waals surface area contributed by atoms with Gasteiger partial charge in [0.2, 0.25) is 0 Å². The molecule has 0 aromatic rings. The molecule has 0 aliphatic heterocycles. The van der Waals surface area contributed by atoms with Crippen molar-refractivity contribution >= 4 is 23.8 Å². The first-order valence-corrected chi connectivity index (χ1v) is 6.15. The number of carboxylic acid groups (broad SMARTS) is 1. The van der Waals surface area contributed by atoms with E-state index in [-0.39, 0.29) is 6.04 Å². The van der Waals surface area contributed by atoms with Crippen LogP contribution >= 0.6 is 11.8 Å². The fraction of sp³-hybridized carbons (Fsp3) is 0.778. The van der Waals surface area contributed by atoms with Crippen LogP contribution in [-0.2, 0) is 4.79 Å². The first-order chi connectivity index (χ1) is 7.51. The average molecular weight is 250 g/mol. The van der Waals surface area contributed by atoms with E-state index in [0.717, 1.165) is 11.5 Å². The molecule has 0 aromatic carbocycles. The number of amides is 2. The van der Waals surface area contributed by atoms with Gasteiger partial charge in [0.15, 0.2) is 6.04 Å². The maximum atomic E-state index is 11.3. The van der Waals surface area contributed by atoms with Crippen LogP contribution in [0.3, 0.4) is 0 Å². The van der Waals surface area contributed by atoms with Crippen molar-refractivity contribution in [2.45, 2.75) is 25.9 Å². The van der Waals surface area contributed by atoms with Crippen LogP contribution in [0, 0.1) is 0 Å². The van der Waals surface area contributed by atoms with Crippen LogP contribution in [0.1, 0.15) is 13.8 Å². The number of carboxylic acids is 1. The Morgan fingerprint density at radius 3 is 2.44 bits per heavy atom. The average Bonchev–Trinajstić information content (AvgIpc) is 2.22. The van der Waals surface area contributed by atoms with Crippen molar-refractivity contribution in [2.75, 3.05) is 18.1 Å². The SMILES string of the molecule is CCSCC(C)NC(=O)N[C@@H](CO)C(=O)O. The minimum absolute atomic E-state index is 0.0434. The summed E-state index contributed by atoms with van der Waals surface area (Å²) in [6, 6.07) is -1.88. The van der Waals surface area contributed by atoms with Gasteiger partial charge in [-0.1, -0.05) is 6.92 Å². The summed E-state index contributed by atoms with van der Waals surface area (Å²) >= 11 is 1.68. The third kappa shape index (κ3) is 6.52. The number of aliphatic carboxylic acids is 1. The molecular formula is C9H18N2O4S. The van der Waals surface area contributed by atoms with Gasteiger partial charge in [0.05, 0.1) is 6.61 Å². The first-order valence-electron chi connectivity index (χ1n) is 4.99. The van der Waals surface area contributed by atoms with Crippen molar-refractivity contribution in [1.29, 1.82) is 0 Å². The molecule has 0 saturated heterocycles. The fourth-order valence-corrected chi connectivity index (χ4v) is 1.62. The molecule has 94 valence electrons. The molecule has 0 heterocycles. The zero-order valence-corrected chi connectivity index (χ0v) is 10.2. The summed E-state index contributed by atoms with van der Waals surface area (Å²) in [7, 11) is 0. The second-order valence-corrected chi connectivity index (χ2v) is 4.57. The Bertz CT molecular complexity index is 238. The lowest BCUT2D eigenvalue weighted by molar-refractivity contribution is -0.140. The topological polar surface area (TPSA) is 98.7 Å². The maximum absolute atomic E-state index is 11.3. The Morgan fingerprint density at radius 2 is 2.00 bits per heavy atom. The van der Waals surface area contributed by atoms with Crippen molar-refractivity contribution in [3.63, 3.8) is 0 Å². The van der Waals surface area contributed by atoms with Crippen molar-refractivity contribution in [2.24, 2.45) is 0 Å². The highest BCUT2D eigenvalue weighted by atomic mass is 32.2. The number of hydrogen-bond acceptors (Lipinski definition) is 4. The fourth-order valence-electron chi connectivity index (χ4n) is 0.945. The lowest BCUT2D eigenvalue weighted by Crippen LogP contribution is -2.50. The molecule has 1 unspecified atom stereocenters. The van der Waals surface area contributed by atoms with Crippen molar-refractivity contribution in [3.05, 3.63) is 0 Å². The summed E-state index contributed by atoms with van der Waals surface area (Å²) in [6.07, 6.45) is 0. The number of urea groups is 1. The zero-order valence-electron chi connectivity index (χ0n) is 9.40. The highest BCUT2D eigenvalue weighted by Crippen LogP contribution is 2.00. The van der Waals surface area contributed by atoms with Crippen molar-refractivity contribution < 1.29 is 19.8 Å². The van der Waals surface area contributed by atoms with Crippen LogP contribution in [0.5, 0.6) is 0 Å². The summed E-state index contributed by atoms with van der Waals surface area (Å²) in [5, 5.41) is 22.0. The van der Waals surface area contributed by atoms with Crippen LogP contribution in [0.2, 0.25) is 0 Å². The molecule has 6 nitrogen and oxygen atoms in total. The molecule has 0 aromatic heterocycles. The third-order valence-electron chi connectivity index (χ3n) is 1.74. The highest BCUT2D eigenvalue weighted by Gasteiger charge is 2.19. The molecule has 0 fully saturated rings. The van der Waals surface area contributed by atoms with Gasteiger partial charge >= 0.3 is 12.0 Å². The molecule has 2 amide bonds. The predicted molar refractivity (Wildman–Crippen MR) is 62.6 cm³/mol. The van der Waals surface area contributed by atoms with Gasteiger partial charge in [-0.25, -0.2) is 9.59 Å². The van der Waals surface area contributed by atoms with Crippen LogP contribution in [0.15, 0.2) is 0 Å². The van der Waals surface area contributed by atoms with Crippen molar-refractivity contribution in [1.82, 2.24) is 10.6 Å². The molecule has 0 rings (SSSR count). The molecule has 0 bridgehead atoms. The normalized spacial score (nSPS) is 13.9. The molecule has 0 saturated carbocycles. The number of carbonyl (C=O) groups excluding carboxylic acids is 1. The van der Waals surface area contributed by atoms with Gasteiger partial charge in [-0.15, -0.1) is 0 Å². The number of rotatable bonds is 7. The number of hydrogen-bond donors (Lipinski definition) is 4. The number of carbonyl (C=O) groups is 2. The number of thioether (sulfide) groups is 1. The summed E-state index contributed by atoms with van der Waals surface area (Å²) < 4.78 is 0. The summed E-state index contributed by atoms with van der Waals surface area (Å²) in [5.74, 6) is 0.469. The van der Waals surface area contributed by atoms with E-state index < -0.39 is 24.6 Å².